The van der Waals surface area contributed by atoms with Crippen molar-refractivity contribution in [2.75, 3.05) is 44.5 Å². The molecule has 0 aliphatic rings. The van der Waals surface area contributed by atoms with E-state index in [1.54, 1.807) is 22.6 Å². The Bertz CT molecular complexity index is 842. The molecule has 3 amide bonds. The van der Waals surface area contributed by atoms with Crippen LogP contribution in [-0.2, 0) is 4.79 Å². The summed E-state index contributed by atoms with van der Waals surface area (Å²) in [6.45, 7) is -1.92. The van der Waals surface area contributed by atoms with Gasteiger partial charge < -0.3 is 46.2 Å². The van der Waals surface area contributed by atoms with Gasteiger partial charge in [0.05, 0.1) is 81.7 Å². The fourth-order valence-corrected chi connectivity index (χ4v) is 7.47. The Balaban J connectivity index is 3.86. The number of aliphatic hydroxyl groups is 6. The molecule has 0 aromatic heterocycles. The Labute approximate surface area is 236 Å². The van der Waals surface area contributed by atoms with Gasteiger partial charge in [0.25, 0.3) is 11.8 Å². The van der Waals surface area contributed by atoms with Crippen molar-refractivity contribution in [1.29, 1.82) is 0 Å². The summed E-state index contributed by atoms with van der Waals surface area (Å²) >= 11 is 5.42. The Morgan fingerprint density at radius 1 is 0.765 bits per heavy atom. The molecule has 0 heterocycles. The summed E-state index contributed by atoms with van der Waals surface area (Å²) in [6, 6.07) is -1.96. The SMILES string of the molecule is CC(=O)N(CC(O)CO)c1c(I)c(C(=O)NC(CO)CO)c(I)c(C(=O)NC(CO)CO)c1I. The summed E-state index contributed by atoms with van der Waals surface area (Å²) in [5.41, 5.74) is 0.0805. The van der Waals surface area contributed by atoms with Crippen LogP contribution in [0.15, 0.2) is 0 Å². The minimum atomic E-state index is -1.30. The summed E-state index contributed by atoms with van der Waals surface area (Å²) < 4.78 is 0.674. The van der Waals surface area contributed by atoms with Crippen molar-refractivity contribution >= 4 is 91.2 Å². The summed E-state index contributed by atoms with van der Waals surface area (Å²) in [7, 11) is 0. The molecule has 34 heavy (non-hydrogen) atoms. The van der Waals surface area contributed by atoms with Crippen LogP contribution in [-0.4, -0.2) is 106 Å². The average molecular weight is 821 g/mol. The zero-order valence-corrected chi connectivity index (χ0v) is 24.4. The maximum atomic E-state index is 13.1. The number of hydrogen-bond donors (Lipinski definition) is 8. The van der Waals surface area contributed by atoms with E-state index in [4.69, 9.17) is 0 Å². The smallest absolute Gasteiger partial charge is 0.253 e. The normalized spacial score (nSPS) is 12.1. The van der Waals surface area contributed by atoms with Crippen molar-refractivity contribution < 1.29 is 45.0 Å². The van der Waals surface area contributed by atoms with E-state index in [1.807, 2.05) is 45.2 Å². The van der Waals surface area contributed by atoms with E-state index in [-0.39, 0.29) is 34.1 Å². The summed E-state index contributed by atoms with van der Waals surface area (Å²) in [5, 5.41) is 61.5. The molecule has 1 aromatic rings. The molecule has 0 aliphatic carbocycles. The second-order valence-corrected chi connectivity index (χ2v) is 10.3. The van der Waals surface area contributed by atoms with E-state index in [0.717, 1.165) is 4.90 Å². The number of anilines is 1. The number of benzene rings is 1. The Kier molecular flexibility index (Phi) is 13.9. The first-order valence-electron chi connectivity index (χ1n) is 9.81. The van der Waals surface area contributed by atoms with Crippen LogP contribution in [0.2, 0.25) is 0 Å². The molecule has 0 bridgehead atoms. The average Bonchev–Trinajstić information content (AvgIpc) is 2.79. The van der Waals surface area contributed by atoms with Crippen molar-refractivity contribution in [3.8, 4) is 0 Å². The molecule has 1 unspecified atom stereocenters. The maximum Gasteiger partial charge on any atom is 0.253 e. The molecule has 8 N–H and O–H groups in total. The van der Waals surface area contributed by atoms with E-state index in [1.165, 1.54) is 6.92 Å². The molecule has 1 atom stereocenters. The van der Waals surface area contributed by atoms with Crippen LogP contribution in [0.5, 0.6) is 0 Å². The number of carbonyl (C=O) groups is 3. The summed E-state index contributed by atoms with van der Waals surface area (Å²) in [5.74, 6) is -2.00. The lowest BCUT2D eigenvalue weighted by atomic mass is 10.1. The van der Waals surface area contributed by atoms with Crippen LogP contribution in [0, 0.1) is 10.7 Å². The van der Waals surface area contributed by atoms with Crippen molar-refractivity contribution in [2.45, 2.75) is 25.1 Å². The Morgan fingerprint density at radius 3 is 1.44 bits per heavy atom. The Morgan fingerprint density at radius 2 is 1.15 bits per heavy atom. The molecule has 0 saturated carbocycles. The molecule has 0 spiro atoms. The van der Waals surface area contributed by atoms with Crippen LogP contribution < -0.4 is 15.5 Å². The quantitative estimate of drug-likeness (QED) is 0.114. The molecule has 1 aromatic carbocycles. The number of aliphatic hydroxyl groups excluding tert-OH is 6. The molecule has 15 heteroatoms. The first-order valence-corrected chi connectivity index (χ1v) is 13.0. The monoisotopic (exact) mass is 821 g/mol. The highest BCUT2D eigenvalue weighted by Crippen LogP contribution is 2.38. The molecular formula is C19H26I3N3O9. The fraction of sp³-hybridized carbons (Fsp3) is 0.526. The van der Waals surface area contributed by atoms with Crippen molar-refractivity contribution in [1.82, 2.24) is 10.6 Å². The first kappa shape index (κ1) is 31.6. The van der Waals surface area contributed by atoms with Gasteiger partial charge in [-0.25, -0.2) is 0 Å². The van der Waals surface area contributed by atoms with Crippen molar-refractivity contribution in [3.05, 3.63) is 21.8 Å². The number of amides is 3. The van der Waals surface area contributed by atoms with E-state index in [9.17, 15) is 45.0 Å². The van der Waals surface area contributed by atoms with E-state index in [2.05, 4.69) is 10.6 Å². The van der Waals surface area contributed by atoms with Crippen LogP contribution in [0.3, 0.4) is 0 Å². The third-order valence-corrected chi connectivity index (χ3v) is 7.73. The molecule has 1 rings (SSSR count). The highest BCUT2D eigenvalue weighted by molar-refractivity contribution is 14.1. The van der Waals surface area contributed by atoms with Gasteiger partial charge in [0, 0.05) is 10.5 Å². The minimum Gasteiger partial charge on any atom is -0.394 e. The van der Waals surface area contributed by atoms with Gasteiger partial charge >= 0.3 is 0 Å². The minimum absolute atomic E-state index is 0.0250. The van der Waals surface area contributed by atoms with Crippen molar-refractivity contribution in [3.63, 3.8) is 0 Å². The first-order chi connectivity index (χ1) is 16.0. The van der Waals surface area contributed by atoms with Gasteiger partial charge in [-0.2, -0.15) is 0 Å². The molecular weight excluding hydrogens is 795 g/mol. The molecule has 0 saturated heterocycles. The highest BCUT2D eigenvalue weighted by atomic mass is 127. The number of hydrogen-bond acceptors (Lipinski definition) is 9. The number of nitrogens with zero attached hydrogens (tertiary/aromatic N) is 1. The standard InChI is InChI=1S/C19H26I3N3O9/c1-8(31)25(2-11(32)7-30)17-15(21)12(18(33)23-9(3-26)4-27)14(20)13(16(17)22)19(34)24-10(5-28)6-29/h9-11,26-30,32H,2-7H2,1H3,(H,23,33)(H,24,34). The number of carbonyl (C=O) groups excluding carboxylic acids is 3. The van der Waals surface area contributed by atoms with Gasteiger partial charge in [-0.15, -0.1) is 0 Å². The lowest BCUT2D eigenvalue weighted by molar-refractivity contribution is -0.117. The lowest BCUT2D eigenvalue weighted by Gasteiger charge is -2.29. The fourth-order valence-electron chi connectivity index (χ4n) is 2.75. The molecule has 0 radical (unpaired) electrons. The van der Waals surface area contributed by atoms with Gasteiger partial charge in [-0.3, -0.25) is 14.4 Å². The third kappa shape index (κ3) is 7.79. The van der Waals surface area contributed by atoms with Crippen LogP contribution in [0.25, 0.3) is 0 Å². The number of halogens is 3. The van der Waals surface area contributed by atoms with Gasteiger partial charge in [-0.05, 0) is 67.8 Å². The zero-order valence-electron chi connectivity index (χ0n) is 18.0. The lowest BCUT2D eigenvalue weighted by Crippen LogP contribution is -2.44. The zero-order chi connectivity index (χ0) is 26.2. The summed E-state index contributed by atoms with van der Waals surface area (Å²) in [4.78, 5) is 39.8. The third-order valence-electron chi connectivity index (χ3n) is 4.55. The van der Waals surface area contributed by atoms with Gasteiger partial charge in [0.2, 0.25) is 5.91 Å². The molecule has 192 valence electrons. The number of rotatable bonds is 12. The second kappa shape index (κ2) is 15.0. The van der Waals surface area contributed by atoms with Gasteiger partial charge in [0.15, 0.2) is 0 Å². The van der Waals surface area contributed by atoms with Gasteiger partial charge in [-0.1, -0.05) is 0 Å². The van der Waals surface area contributed by atoms with Crippen LogP contribution in [0.1, 0.15) is 27.6 Å². The topological polar surface area (TPSA) is 200 Å². The van der Waals surface area contributed by atoms with E-state index < -0.39 is 68.9 Å². The van der Waals surface area contributed by atoms with Crippen molar-refractivity contribution in [2.24, 2.45) is 0 Å². The molecule has 0 aliphatic heterocycles. The van der Waals surface area contributed by atoms with E-state index in [0.29, 0.717) is 0 Å². The second-order valence-electron chi connectivity index (χ2n) is 7.08. The Hall–Kier alpha value is -0.420. The highest BCUT2D eigenvalue weighted by Gasteiger charge is 2.33. The summed E-state index contributed by atoms with van der Waals surface area (Å²) in [6.07, 6.45) is -1.30. The van der Waals surface area contributed by atoms with Gasteiger partial charge in [0.1, 0.15) is 0 Å². The predicted octanol–water partition coefficient (Wildman–Crippen LogP) is -1.63. The number of nitrogens with one attached hydrogen (secondary N) is 2. The van der Waals surface area contributed by atoms with Crippen LogP contribution in [0.4, 0.5) is 5.69 Å². The van der Waals surface area contributed by atoms with Crippen LogP contribution >= 0.6 is 67.8 Å². The van der Waals surface area contributed by atoms with E-state index >= 15 is 0 Å². The molecule has 0 fully saturated rings. The molecule has 12 nitrogen and oxygen atoms in total. The predicted molar refractivity (Wildman–Crippen MR) is 147 cm³/mol. The maximum absolute atomic E-state index is 13.1. The largest absolute Gasteiger partial charge is 0.394 e.